The number of anilines is 1. The summed E-state index contributed by atoms with van der Waals surface area (Å²) in [6, 6.07) is 14.2. The average molecular weight is 354 g/mol. The molecule has 4 nitrogen and oxygen atoms in total. The van der Waals surface area contributed by atoms with Gasteiger partial charge in [0.25, 0.3) is 5.91 Å². The quantitative estimate of drug-likeness (QED) is 0.778. The Morgan fingerprint density at radius 3 is 2.60 bits per heavy atom. The number of Topliss-reactive ketones (excluding diaryl/α,β-unsaturated/α-hetero) is 1. The second-order valence-electron chi connectivity index (χ2n) is 6.14. The molecule has 25 heavy (non-hydrogen) atoms. The maximum absolute atomic E-state index is 13.2. The first kappa shape index (κ1) is 15.9. The molecule has 0 saturated carbocycles. The van der Waals surface area contributed by atoms with Crippen LogP contribution < -0.4 is 4.90 Å². The molecule has 0 N–H and O–H groups in total. The van der Waals surface area contributed by atoms with Gasteiger partial charge in [0.15, 0.2) is 5.78 Å². The Bertz CT molecular complexity index is 906. The molecule has 1 amide bonds. The van der Waals surface area contributed by atoms with Gasteiger partial charge in [-0.2, -0.15) is 0 Å². The first-order chi connectivity index (χ1) is 12.1. The number of fused-ring (bicyclic) bond motifs is 2. The van der Waals surface area contributed by atoms with Crippen LogP contribution in [-0.4, -0.2) is 18.2 Å². The van der Waals surface area contributed by atoms with Gasteiger partial charge in [-0.1, -0.05) is 48.9 Å². The van der Waals surface area contributed by atoms with Crippen molar-refractivity contribution in [2.24, 2.45) is 0 Å². The zero-order valence-corrected chi connectivity index (χ0v) is 14.4. The lowest BCUT2D eigenvalue weighted by atomic mass is 9.80. The molecule has 2 aromatic carbocycles. The van der Waals surface area contributed by atoms with Gasteiger partial charge in [-0.3, -0.25) is 9.59 Å². The number of halogens is 1. The van der Waals surface area contributed by atoms with Gasteiger partial charge in [-0.05, 0) is 24.6 Å². The van der Waals surface area contributed by atoms with Crippen molar-refractivity contribution in [2.75, 3.05) is 11.4 Å². The molecular weight excluding hydrogens is 338 g/mol. The molecule has 2 aromatic rings. The number of hydrogen-bond acceptors (Lipinski definition) is 3. The van der Waals surface area contributed by atoms with E-state index >= 15 is 0 Å². The highest BCUT2D eigenvalue weighted by molar-refractivity contribution is 6.31. The lowest BCUT2D eigenvalue weighted by Crippen LogP contribution is -2.49. The average Bonchev–Trinajstić information content (AvgIpc) is 2.84. The van der Waals surface area contributed by atoms with Crippen LogP contribution in [0.1, 0.15) is 29.3 Å². The summed E-state index contributed by atoms with van der Waals surface area (Å²) in [4.78, 5) is 27.8. The third-order valence-corrected chi connectivity index (χ3v) is 4.87. The molecule has 2 heterocycles. The third kappa shape index (κ3) is 2.14. The Hall–Kier alpha value is -2.59. The van der Waals surface area contributed by atoms with E-state index < -0.39 is 5.60 Å². The summed E-state index contributed by atoms with van der Waals surface area (Å²) in [7, 11) is 0. The molecule has 0 saturated heterocycles. The van der Waals surface area contributed by atoms with Gasteiger partial charge >= 0.3 is 0 Å². The number of amides is 1. The maximum Gasteiger partial charge on any atom is 0.281 e. The molecule has 2 aliphatic rings. The molecule has 0 aromatic heterocycles. The van der Waals surface area contributed by atoms with Crippen LogP contribution in [0.4, 0.5) is 5.69 Å². The molecule has 4 rings (SSSR count). The SMILES string of the molecule is CCCN1C(=O)[C@@]2(OC=C2C(=O)c2ccccc2)c2cc(Cl)ccc21. The summed E-state index contributed by atoms with van der Waals surface area (Å²) in [6.45, 7) is 2.56. The van der Waals surface area contributed by atoms with Crippen LogP contribution >= 0.6 is 11.6 Å². The largest absolute Gasteiger partial charge is 0.474 e. The summed E-state index contributed by atoms with van der Waals surface area (Å²) in [5, 5.41) is 0.506. The fourth-order valence-electron chi connectivity index (χ4n) is 3.45. The zero-order valence-electron chi connectivity index (χ0n) is 13.7. The van der Waals surface area contributed by atoms with Gasteiger partial charge in [0.2, 0.25) is 5.60 Å². The second-order valence-corrected chi connectivity index (χ2v) is 6.58. The Morgan fingerprint density at radius 2 is 1.96 bits per heavy atom. The lowest BCUT2D eigenvalue weighted by molar-refractivity contribution is -0.137. The number of carbonyl (C=O) groups is 2. The standard InChI is InChI=1S/C20H16ClNO3/c1-2-10-22-17-9-8-14(21)11-15(17)20(19(22)24)16(12-25-20)18(23)13-6-4-3-5-7-13/h3-9,11-12H,2,10H2,1H3/t20-/m1/s1. The van der Waals surface area contributed by atoms with E-state index in [9.17, 15) is 9.59 Å². The van der Waals surface area contributed by atoms with E-state index in [-0.39, 0.29) is 11.7 Å². The van der Waals surface area contributed by atoms with Crippen LogP contribution in [0, 0.1) is 0 Å². The summed E-state index contributed by atoms with van der Waals surface area (Å²) in [5.74, 6) is -0.433. The van der Waals surface area contributed by atoms with Gasteiger partial charge in [-0.15, -0.1) is 0 Å². The van der Waals surface area contributed by atoms with Crippen molar-refractivity contribution in [3.8, 4) is 0 Å². The number of carbonyl (C=O) groups excluding carboxylic acids is 2. The minimum atomic E-state index is -1.37. The van der Waals surface area contributed by atoms with Crippen LogP contribution in [0.15, 0.2) is 60.4 Å². The van der Waals surface area contributed by atoms with E-state index in [1.54, 1.807) is 41.3 Å². The van der Waals surface area contributed by atoms with Crippen molar-refractivity contribution >= 4 is 29.0 Å². The lowest BCUT2D eigenvalue weighted by Gasteiger charge is -2.36. The first-order valence-electron chi connectivity index (χ1n) is 8.19. The molecule has 126 valence electrons. The molecule has 0 unspecified atom stereocenters. The highest BCUT2D eigenvalue weighted by atomic mass is 35.5. The van der Waals surface area contributed by atoms with E-state index in [1.165, 1.54) is 6.26 Å². The zero-order chi connectivity index (χ0) is 17.6. The molecular formula is C20H16ClNO3. The van der Waals surface area contributed by atoms with E-state index in [0.717, 1.165) is 12.1 Å². The Kier molecular flexibility index (Phi) is 3.65. The van der Waals surface area contributed by atoms with E-state index in [2.05, 4.69) is 0 Å². The fraction of sp³-hybridized carbons (Fsp3) is 0.200. The number of nitrogens with zero attached hydrogens (tertiary/aromatic N) is 1. The predicted molar refractivity (Wildman–Crippen MR) is 95.7 cm³/mol. The summed E-state index contributed by atoms with van der Waals surface area (Å²) >= 11 is 6.16. The highest BCUT2D eigenvalue weighted by Gasteiger charge is 2.61. The first-order valence-corrected chi connectivity index (χ1v) is 8.57. The number of ketones is 1. The third-order valence-electron chi connectivity index (χ3n) is 4.64. The van der Waals surface area contributed by atoms with Gasteiger partial charge in [0.1, 0.15) is 0 Å². The van der Waals surface area contributed by atoms with Crippen LogP contribution in [0.2, 0.25) is 5.02 Å². The molecule has 1 atom stereocenters. The molecule has 0 radical (unpaired) electrons. The molecule has 0 fully saturated rings. The van der Waals surface area contributed by atoms with Crippen LogP contribution in [0.3, 0.4) is 0 Å². The van der Waals surface area contributed by atoms with Crippen molar-refractivity contribution in [1.29, 1.82) is 0 Å². The van der Waals surface area contributed by atoms with Gasteiger partial charge in [0, 0.05) is 22.7 Å². The minimum Gasteiger partial charge on any atom is -0.474 e. The van der Waals surface area contributed by atoms with Gasteiger partial charge in [0.05, 0.1) is 17.5 Å². The van der Waals surface area contributed by atoms with Gasteiger partial charge < -0.3 is 9.64 Å². The molecule has 1 spiro atoms. The van der Waals surface area contributed by atoms with Crippen molar-refractivity contribution in [3.05, 3.63) is 76.5 Å². The Morgan fingerprint density at radius 1 is 1.20 bits per heavy atom. The van der Waals surface area contributed by atoms with E-state index in [1.807, 2.05) is 19.1 Å². The Labute approximate surface area is 150 Å². The van der Waals surface area contributed by atoms with E-state index in [4.69, 9.17) is 16.3 Å². The van der Waals surface area contributed by atoms with Crippen LogP contribution in [0.5, 0.6) is 0 Å². The highest BCUT2D eigenvalue weighted by Crippen LogP contribution is 2.53. The monoisotopic (exact) mass is 353 g/mol. The summed E-state index contributed by atoms with van der Waals surface area (Å²) < 4.78 is 5.67. The number of ether oxygens (including phenoxy) is 1. The topological polar surface area (TPSA) is 46.6 Å². The normalized spacial score (nSPS) is 20.8. The van der Waals surface area contributed by atoms with Crippen molar-refractivity contribution in [2.45, 2.75) is 18.9 Å². The van der Waals surface area contributed by atoms with Crippen LogP contribution in [0.25, 0.3) is 0 Å². The second kappa shape index (κ2) is 5.74. The minimum absolute atomic E-state index is 0.204. The predicted octanol–water partition coefficient (Wildman–Crippen LogP) is 4.09. The maximum atomic E-state index is 13.2. The summed E-state index contributed by atoms with van der Waals surface area (Å²) in [6.07, 6.45) is 2.18. The molecule has 2 aliphatic heterocycles. The molecule has 0 bridgehead atoms. The number of rotatable bonds is 4. The molecule has 5 heteroatoms. The smallest absolute Gasteiger partial charge is 0.281 e. The number of benzene rings is 2. The van der Waals surface area contributed by atoms with Crippen molar-refractivity contribution in [1.82, 2.24) is 0 Å². The summed E-state index contributed by atoms with van der Waals surface area (Å²) in [5.41, 5.74) is 0.901. The van der Waals surface area contributed by atoms with Gasteiger partial charge in [-0.25, -0.2) is 0 Å². The van der Waals surface area contributed by atoms with E-state index in [0.29, 0.717) is 28.3 Å². The van der Waals surface area contributed by atoms with Crippen LogP contribution in [-0.2, 0) is 15.1 Å². The van der Waals surface area contributed by atoms with Crippen molar-refractivity contribution < 1.29 is 14.3 Å². The Balaban J connectivity index is 1.83. The van der Waals surface area contributed by atoms with Crippen molar-refractivity contribution in [3.63, 3.8) is 0 Å². The fourth-order valence-corrected chi connectivity index (χ4v) is 3.63. The number of hydrogen-bond donors (Lipinski definition) is 0. The molecule has 0 aliphatic carbocycles.